The van der Waals surface area contributed by atoms with E-state index in [1.807, 2.05) is 66.7 Å². The molecule has 0 N–H and O–H groups in total. The summed E-state index contributed by atoms with van der Waals surface area (Å²) in [6, 6.07) is 38.6. The van der Waals surface area contributed by atoms with Crippen LogP contribution in [0.15, 0.2) is 137 Å². The minimum Gasteiger partial charge on any atom is -0.315 e. The topological polar surface area (TPSA) is 39.1 Å². The second-order valence-corrected chi connectivity index (χ2v) is 10.2. The minimum atomic E-state index is -3.71. The fourth-order valence-electron chi connectivity index (χ4n) is 4.67. The summed E-state index contributed by atoms with van der Waals surface area (Å²) < 4.78 is 29.5. The normalized spacial score (nSPS) is 11.8. The summed E-state index contributed by atoms with van der Waals surface area (Å²) in [5.41, 5.74) is 4.10. The SMILES string of the molecule is O=S(=O)(c1ccccc1)c1cccc2cccc(-n3cc(-c4ccccc4)c4ccccc43)c12. The third-order valence-corrected chi connectivity index (χ3v) is 8.06. The Morgan fingerprint density at radius 2 is 1.24 bits per heavy atom. The Morgan fingerprint density at radius 1 is 0.588 bits per heavy atom. The van der Waals surface area contributed by atoms with E-state index in [0.29, 0.717) is 15.2 Å². The Hall–Kier alpha value is -4.15. The molecule has 0 fully saturated rings. The second kappa shape index (κ2) is 8.01. The predicted octanol–water partition coefficient (Wildman–Crippen LogP) is 7.28. The molecule has 4 heteroatoms. The van der Waals surface area contributed by atoms with Crippen molar-refractivity contribution in [1.82, 2.24) is 4.57 Å². The molecule has 0 atom stereocenters. The molecule has 0 amide bonds. The van der Waals surface area contributed by atoms with E-state index in [9.17, 15) is 8.42 Å². The van der Waals surface area contributed by atoms with Gasteiger partial charge in [-0.1, -0.05) is 91.0 Å². The lowest BCUT2D eigenvalue weighted by Gasteiger charge is -2.14. The lowest BCUT2D eigenvalue weighted by atomic mass is 10.1. The van der Waals surface area contributed by atoms with E-state index in [0.717, 1.165) is 33.1 Å². The maximum Gasteiger partial charge on any atom is 0.207 e. The van der Waals surface area contributed by atoms with E-state index in [1.54, 1.807) is 30.3 Å². The van der Waals surface area contributed by atoms with Gasteiger partial charge in [-0.25, -0.2) is 8.42 Å². The van der Waals surface area contributed by atoms with Gasteiger partial charge in [0.2, 0.25) is 9.84 Å². The second-order valence-electron chi connectivity index (χ2n) is 8.24. The van der Waals surface area contributed by atoms with Crippen molar-refractivity contribution >= 4 is 31.5 Å². The van der Waals surface area contributed by atoms with E-state index in [4.69, 9.17) is 0 Å². The van der Waals surface area contributed by atoms with Crippen molar-refractivity contribution in [3.8, 4) is 16.8 Å². The molecular weight excluding hydrogens is 438 g/mol. The molecule has 0 saturated carbocycles. The number of sulfone groups is 1. The summed E-state index contributed by atoms with van der Waals surface area (Å²) in [6.07, 6.45) is 2.11. The molecule has 0 aliphatic heterocycles. The van der Waals surface area contributed by atoms with Crippen molar-refractivity contribution in [2.24, 2.45) is 0 Å². The van der Waals surface area contributed by atoms with Crippen molar-refractivity contribution < 1.29 is 8.42 Å². The van der Waals surface area contributed by atoms with Crippen molar-refractivity contribution in [2.45, 2.75) is 9.79 Å². The number of fused-ring (bicyclic) bond motifs is 2. The fraction of sp³-hybridized carbons (Fsp3) is 0. The molecule has 6 rings (SSSR count). The zero-order valence-corrected chi connectivity index (χ0v) is 19.1. The van der Waals surface area contributed by atoms with Gasteiger partial charge < -0.3 is 4.57 Å². The first-order valence-electron chi connectivity index (χ1n) is 11.1. The van der Waals surface area contributed by atoms with Crippen LogP contribution in [0.25, 0.3) is 38.5 Å². The smallest absolute Gasteiger partial charge is 0.207 e. The van der Waals surface area contributed by atoms with Gasteiger partial charge in [-0.05, 0) is 41.3 Å². The maximum atomic E-state index is 13.7. The predicted molar refractivity (Wildman–Crippen MR) is 138 cm³/mol. The van der Waals surface area contributed by atoms with Crippen LogP contribution in [-0.4, -0.2) is 13.0 Å². The van der Waals surface area contributed by atoms with Crippen LogP contribution in [0.3, 0.4) is 0 Å². The summed E-state index contributed by atoms with van der Waals surface area (Å²) in [5.74, 6) is 0. The van der Waals surface area contributed by atoms with Crippen molar-refractivity contribution in [3.05, 3.63) is 128 Å². The third-order valence-electron chi connectivity index (χ3n) is 6.24. The van der Waals surface area contributed by atoms with Crippen LogP contribution in [0.1, 0.15) is 0 Å². The largest absolute Gasteiger partial charge is 0.315 e. The Labute approximate surface area is 198 Å². The Bertz CT molecular complexity index is 1750. The molecule has 0 saturated heterocycles. The molecule has 0 radical (unpaired) electrons. The van der Waals surface area contributed by atoms with Crippen LogP contribution in [0.2, 0.25) is 0 Å². The van der Waals surface area contributed by atoms with Gasteiger partial charge in [0, 0.05) is 22.5 Å². The Morgan fingerprint density at radius 3 is 2.00 bits per heavy atom. The Balaban J connectivity index is 1.68. The van der Waals surface area contributed by atoms with E-state index < -0.39 is 9.84 Å². The van der Waals surface area contributed by atoms with Crippen LogP contribution in [0, 0.1) is 0 Å². The molecule has 5 aromatic carbocycles. The molecule has 1 heterocycles. The third kappa shape index (κ3) is 3.23. The van der Waals surface area contributed by atoms with E-state index in [1.165, 1.54) is 0 Å². The van der Waals surface area contributed by atoms with Crippen molar-refractivity contribution in [3.63, 3.8) is 0 Å². The van der Waals surface area contributed by atoms with Gasteiger partial charge in [-0.15, -0.1) is 0 Å². The lowest BCUT2D eigenvalue weighted by molar-refractivity contribution is 0.597. The average Bonchev–Trinajstić information content (AvgIpc) is 3.28. The first kappa shape index (κ1) is 20.5. The minimum absolute atomic E-state index is 0.291. The zero-order valence-electron chi connectivity index (χ0n) is 18.3. The van der Waals surface area contributed by atoms with Gasteiger partial charge in [-0.3, -0.25) is 0 Å². The highest BCUT2D eigenvalue weighted by atomic mass is 32.2. The van der Waals surface area contributed by atoms with Gasteiger partial charge in [0.25, 0.3) is 0 Å². The maximum absolute atomic E-state index is 13.7. The van der Waals surface area contributed by atoms with E-state index >= 15 is 0 Å². The van der Waals surface area contributed by atoms with Crippen LogP contribution in [-0.2, 0) is 9.84 Å². The number of benzene rings is 5. The van der Waals surface area contributed by atoms with Crippen LogP contribution in [0.5, 0.6) is 0 Å². The molecule has 0 unspecified atom stereocenters. The summed E-state index contributed by atoms with van der Waals surface area (Å²) in [5, 5.41) is 2.72. The van der Waals surface area contributed by atoms with Crippen molar-refractivity contribution in [1.29, 1.82) is 0 Å². The zero-order chi connectivity index (χ0) is 23.1. The molecule has 1 aromatic heterocycles. The molecular formula is C30H21NO2S. The first-order valence-corrected chi connectivity index (χ1v) is 12.6. The van der Waals surface area contributed by atoms with E-state index in [2.05, 4.69) is 35.0 Å². The summed E-state index contributed by atoms with van der Waals surface area (Å²) in [6.45, 7) is 0. The number of hydrogen-bond acceptors (Lipinski definition) is 2. The average molecular weight is 460 g/mol. The molecule has 3 nitrogen and oxygen atoms in total. The highest BCUT2D eigenvalue weighted by Crippen LogP contribution is 2.37. The monoisotopic (exact) mass is 459 g/mol. The number of hydrogen-bond donors (Lipinski definition) is 0. The molecule has 0 bridgehead atoms. The molecule has 6 aromatic rings. The molecule has 164 valence electrons. The highest BCUT2D eigenvalue weighted by molar-refractivity contribution is 7.91. The fourth-order valence-corrected chi connectivity index (χ4v) is 6.18. The summed E-state index contributed by atoms with van der Waals surface area (Å²) in [7, 11) is -3.71. The van der Waals surface area contributed by atoms with E-state index in [-0.39, 0.29) is 0 Å². The van der Waals surface area contributed by atoms with Gasteiger partial charge in [0.1, 0.15) is 0 Å². The van der Waals surface area contributed by atoms with Gasteiger partial charge in [-0.2, -0.15) is 0 Å². The van der Waals surface area contributed by atoms with Gasteiger partial charge in [0.05, 0.1) is 21.0 Å². The summed E-state index contributed by atoms with van der Waals surface area (Å²) in [4.78, 5) is 0.602. The van der Waals surface area contributed by atoms with Crippen LogP contribution >= 0.6 is 0 Å². The van der Waals surface area contributed by atoms with Crippen molar-refractivity contribution in [2.75, 3.05) is 0 Å². The highest BCUT2D eigenvalue weighted by Gasteiger charge is 2.23. The first-order chi connectivity index (χ1) is 16.6. The van der Waals surface area contributed by atoms with Gasteiger partial charge >= 0.3 is 0 Å². The molecule has 0 aliphatic rings. The Kier molecular flexibility index (Phi) is 4.82. The van der Waals surface area contributed by atoms with Gasteiger partial charge in [0.15, 0.2) is 0 Å². The number of aromatic nitrogens is 1. The number of nitrogens with zero attached hydrogens (tertiary/aromatic N) is 1. The van der Waals surface area contributed by atoms with Crippen LogP contribution < -0.4 is 0 Å². The lowest BCUT2D eigenvalue weighted by Crippen LogP contribution is -2.05. The summed E-state index contributed by atoms with van der Waals surface area (Å²) >= 11 is 0. The molecule has 0 aliphatic carbocycles. The number of para-hydroxylation sites is 1. The number of rotatable bonds is 4. The molecule has 34 heavy (non-hydrogen) atoms. The standard InChI is InChI=1S/C30H21NO2S/c32-34(33,24-15-5-2-6-16-24)29-20-10-14-23-13-9-19-28(30(23)29)31-21-26(22-11-3-1-4-12-22)25-17-7-8-18-27(25)31/h1-21H. The molecule has 0 spiro atoms. The van der Waals surface area contributed by atoms with Crippen LogP contribution in [0.4, 0.5) is 0 Å². The quantitative estimate of drug-likeness (QED) is 0.278.